The Morgan fingerprint density at radius 3 is 2.48 bits per heavy atom. The van der Waals surface area contributed by atoms with Crippen molar-refractivity contribution < 1.29 is 9.53 Å². The van der Waals surface area contributed by atoms with Crippen molar-refractivity contribution in [3.05, 3.63) is 100 Å². The Morgan fingerprint density at radius 2 is 1.74 bits per heavy atom. The first-order chi connectivity index (χ1) is 13.0. The van der Waals surface area contributed by atoms with Gasteiger partial charge in [-0.1, -0.05) is 53.6 Å². The molecule has 4 heteroatoms. The second-order valence-electron chi connectivity index (χ2n) is 6.01. The van der Waals surface area contributed by atoms with E-state index in [2.05, 4.69) is 6.07 Å². The minimum atomic E-state index is -0.421. The number of nitrogens with zero attached hydrogens (tertiary/aromatic N) is 1. The van der Waals surface area contributed by atoms with Gasteiger partial charge in [-0.2, -0.15) is 5.26 Å². The Morgan fingerprint density at radius 1 is 1.00 bits per heavy atom. The van der Waals surface area contributed by atoms with Crippen molar-refractivity contribution in [3.8, 4) is 11.8 Å². The van der Waals surface area contributed by atoms with Gasteiger partial charge in [-0.05, 0) is 60.5 Å². The first kappa shape index (κ1) is 18.4. The van der Waals surface area contributed by atoms with Gasteiger partial charge in [0.2, 0.25) is 0 Å². The summed E-state index contributed by atoms with van der Waals surface area (Å²) in [6.45, 7) is 1.92. The van der Waals surface area contributed by atoms with Gasteiger partial charge in [0.25, 0.3) is 0 Å². The van der Waals surface area contributed by atoms with E-state index in [0.717, 1.165) is 16.7 Å². The molecule has 132 valence electrons. The normalized spacial score (nSPS) is 10.9. The maximum atomic E-state index is 12.3. The Hall–Kier alpha value is -3.35. The monoisotopic (exact) mass is 373 g/mol. The summed E-state index contributed by atoms with van der Waals surface area (Å²) in [5, 5.41) is 10.0. The molecule has 0 saturated heterocycles. The third kappa shape index (κ3) is 4.84. The van der Waals surface area contributed by atoms with Crippen molar-refractivity contribution in [1.29, 1.82) is 5.26 Å². The predicted molar refractivity (Wildman–Crippen MR) is 108 cm³/mol. The molecule has 0 fully saturated rings. The minimum absolute atomic E-state index is 0.415. The molecule has 0 atom stereocenters. The van der Waals surface area contributed by atoms with E-state index in [1.54, 1.807) is 54.6 Å². The molecule has 0 radical (unpaired) electrons. The third-order valence-corrected chi connectivity index (χ3v) is 4.12. The Kier molecular flexibility index (Phi) is 5.71. The van der Waals surface area contributed by atoms with Crippen LogP contribution in [0, 0.1) is 18.3 Å². The average Bonchev–Trinajstić information content (AvgIpc) is 2.66. The number of benzene rings is 3. The number of esters is 1. The molecular formula is C23H16ClNO2. The molecule has 0 saturated carbocycles. The van der Waals surface area contributed by atoms with Gasteiger partial charge < -0.3 is 4.74 Å². The van der Waals surface area contributed by atoms with Crippen molar-refractivity contribution in [2.75, 3.05) is 0 Å². The molecule has 0 N–H and O–H groups in total. The largest absolute Gasteiger partial charge is 0.423 e. The number of carbonyl (C=O) groups is 1. The van der Waals surface area contributed by atoms with Crippen LogP contribution in [0.2, 0.25) is 5.02 Å². The molecule has 27 heavy (non-hydrogen) atoms. The van der Waals surface area contributed by atoms with Gasteiger partial charge in [0.15, 0.2) is 0 Å². The minimum Gasteiger partial charge on any atom is -0.423 e. The molecule has 0 aliphatic rings. The lowest BCUT2D eigenvalue weighted by atomic mass is 10.0. The van der Waals surface area contributed by atoms with E-state index in [9.17, 15) is 10.1 Å². The van der Waals surface area contributed by atoms with Crippen LogP contribution in [-0.4, -0.2) is 5.97 Å². The molecular weight excluding hydrogens is 358 g/mol. The number of rotatable bonds is 4. The van der Waals surface area contributed by atoms with E-state index in [-0.39, 0.29) is 0 Å². The lowest BCUT2D eigenvalue weighted by Crippen LogP contribution is -2.08. The zero-order chi connectivity index (χ0) is 19.2. The molecule has 0 aliphatic heterocycles. The third-order valence-electron chi connectivity index (χ3n) is 3.89. The van der Waals surface area contributed by atoms with E-state index in [1.165, 1.54) is 0 Å². The smallest absolute Gasteiger partial charge is 0.343 e. The van der Waals surface area contributed by atoms with Crippen LogP contribution >= 0.6 is 11.6 Å². The number of halogens is 1. The lowest BCUT2D eigenvalue weighted by molar-refractivity contribution is 0.0734. The van der Waals surface area contributed by atoms with E-state index in [1.807, 2.05) is 31.2 Å². The van der Waals surface area contributed by atoms with Crippen molar-refractivity contribution in [2.24, 2.45) is 0 Å². The number of carbonyl (C=O) groups excluding carboxylic acids is 1. The van der Waals surface area contributed by atoms with Crippen LogP contribution < -0.4 is 4.74 Å². The molecule has 0 unspecified atom stereocenters. The Bertz CT molecular complexity index is 1060. The average molecular weight is 374 g/mol. The summed E-state index contributed by atoms with van der Waals surface area (Å²) < 4.78 is 5.46. The quantitative estimate of drug-likeness (QED) is 0.246. The fourth-order valence-electron chi connectivity index (χ4n) is 2.61. The number of ether oxygens (including phenoxy) is 1. The molecule has 0 amide bonds. The molecule has 0 bridgehead atoms. The van der Waals surface area contributed by atoms with Crippen LogP contribution in [0.3, 0.4) is 0 Å². The van der Waals surface area contributed by atoms with E-state index >= 15 is 0 Å². The van der Waals surface area contributed by atoms with Gasteiger partial charge in [-0.25, -0.2) is 4.79 Å². The Labute approximate surface area is 163 Å². The maximum absolute atomic E-state index is 12.3. The maximum Gasteiger partial charge on any atom is 0.343 e. The highest BCUT2D eigenvalue weighted by Crippen LogP contribution is 2.23. The lowest BCUT2D eigenvalue weighted by Gasteiger charge is -2.06. The van der Waals surface area contributed by atoms with Crippen LogP contribution in [0.1, 0.15) is 27.0 Å². The summed E-state index contributed by atoms with van der Waals surface area (Å²) in [4.78, 5) is 12.3. The standard InChI is InChI=1S/C23H16ClNO2/c1-16-5-2-8-19(11-16)23(26)27-22-10-3-6-17(13-22)12-20(15-25)18-7-4-9-21(24)14-18/h2-14H,1H3/b20-12-. The Balaban J connectivity index is 1.85. The zero-order valence-electron chi connectivity index (χ0n) is 14.6. The molecule has 3 rings (SSSR count). The number of hydrogen-bond donors (Lipinski definition) is 0. The van der Waals surface area contributed by atoms with Gasteiger partial charge in [0.1, 0.15) is 5.75 Å². The highest BCUT2D eigenvalue weighted by atomic mass is 35.5. The highest BCUT2D eigenvalue weighted by molar-refractivity contribution is 6.30. The van der Waals surface area contributed by atoms with E-state index in [4.69, 9.17) is 16.3 Å². The van der Waals surface area contributed by atoms with Crippen molar-refractivity contribution in [2.45, 2.75) is 6.92 Å². The molecule has 3 aromatic carbocycles. The van der Waals surface area contributed by atoms with Crippen LogP contribution in [0.15, 0.2) is 72.8 Å². The van der Waals surface area contributed by atoms with Crippen LogP contribution in [0.5, 0.6) is 5.75 Å². The summed E-state index contributed by atoms with van der Waals surface area (Å²) in [5.41, 5.74) is 3.43. The number of hydrogen-bond acceptors (Lipinski definition) is 3. The molecule has 0 aromatic heterocycles. The van der Waals surface area contributed by atoms with Gasteiger partial charge in [-0.3, -0.25) is 0 Å². The van der Waals surface area contributed by atoms with Gasteiger partial charge in [0, 0.05) is 5.02 Å². The predicted octanol–water partition coefficient (Wildman–Crippen LogP) is 5.93. The molecule has 0 heterocycles. The van der Waals surface area contributed by atoms with E-state index in [0.29, 0.717) is 21.9 Å². The van der Waals surface area contributed by atoms with Gasteiger partial charge >= 0.3 is 5.97 Å². The van der Waals surface area contributed by atoms with Crippen molar-refractivity contribution >= 4 is 29.2 Å². The summed E-state index contributed by atoms with van der Waals surface area (Å²) >= 11 is 6.01. The van der Waals surface area contributed by atoms with Crippen molar-refractivity contribution in [3.63, 3.8) is 0 Å². The van der Waals surface area contributed by atoms with Gasteiger partial charge in [0.05, 0.1) is 17.2 Å². The zero-order valence-corrected chi connectivity index (χ0v) is 15.4. The molecule has 3 nitrogen and oxygen atoms in total. The van der Waals surface area contributed by atoms with Gasteiger partial charge in [-0.15, -0.1) is 0 Å². The fraction of sp³-hybridized carbons (Fsp3) is 0.0435. The van der Waals surface area contributed by atoms with Crippen LogP contribution in [0.25, 0.3) is 11.6 Å². The summed E-state index contributed by atoms with van der Waals surface area (Å²) in [6, 6.07) is 23.5. The summed E-state index contributed by atoms with van der Waals surface area (Å²) in [5.74, 6) is -0.00572. The first-order valence-corrected chi connectivity index (χ1v) is 8.69. The second-order valence-corrected chi connectivity index (χ2v) is 6.45. The van der Waals surface area contributed by atoms with E-state index < -0.39 is 5.97 Å². The highest BCUT2D eigenvalue weighted by Gasteiger charge is 2.09. The second kappa shape index (κ2) is 8.35. The fourth-order valence-corrected chi connectivity index (χ4v) is 2.80. The molecule has 0 spiro atoms. The SMILES string of the molecule is Cc1cccc(C(=O)Oc2cccc(/C=C(/C#N)c3cccc(Cl)c3)c2)c1. The topological polar surface area (TPSA) is 50.1 Å². The van der Waals surface area contributed by atoms with Crippen LogP contribution in [0.4, 0.5) is 0 Å². The number of nitriles is 1. The van der Waals surface area contributed by atoms with Crippen LogP contribution in [-0.2, 0) is 0 Å². The molecule has 3 aromatic rings. The van der Waals surface area contributed by atoms with Crippen molar-refractivity contribution in [1.82, 2.24) is 0 Å². The number of allylic oxidation sites excluding steroid dienone is 1. The number of aryl methyl sites for hydroxylation is 1. The summed E-state index contributed by atoms with van der Waals surface area (Å²) in [6.07, 6.45) is 1.73. The first-order valence-electron chi connectivity index (χ1n) is 8.32. The summed E-state index contributed by atoms with van der Waals surface area (Å²) in [7, 11) is 0. The molecule has 0 aliphatic carbocycles.